The van der Waals surface area contributed by atoms with Crippen molar-refractivity contribution < 1.29 is 4.42 Å². The van der Waals surface area contributed by atoms with Gasteiger partial charge in [-0.3, -0.25) is 4.79 Å². The standard InChI is InChI=1S/C18H20N2O3S/c1-9-8-13(16(19)24)10(2)11(3)15(9)20-17(21)12-6-4-5-7-14(12)23-18(20)22/h8H,4-7H2,1-3H3,(H2,19,24). The minimum Gasteiger partial charge on any atom is -0.414 e. The lowest BCUT2D eigenvalue weighted by atomic mass is 9.96. The van der Waals surface area contributed by atoms with Crippen LogP contribution >= 0.6 is 12.2 Å². The molecular weight excluding hydrogens is 324 g/mol. The van der Waals surface area contributed by atoms with Gasteiger partial charge < -0.3 is 10.2 Å². The molecule has 0 saturated carbocycles. The summed E-state index contributed by atoms with van der Waals surface area (Å²) in [5, 5.41) is 0. The summed E-state index contributed by atoms with van der Waals surface area (Å²) in [6, 6.07) is 1.82. The predicted octanol–water partition coefficient (Wildman–Crippen LogP) is 2.23. The number of aromatic nitrogens is 1. The number of benzene rings is 1. The number of aryl methyl sites for hydroxylation is 2. The van der Waals surface area contributed by atoms with E-state index in [1.807, 2.05) is 26.8 Å². The normalized spacial score (nSPS) is 13.6. The van der Waals surface area contributed by atoms with Gasteiger partial charge >= 0.3 is 5.76 Å². The van der Waals surface area contributed by atoms with E-state index < -0.39 is 5.76 Å². The Bertz CT molecular complexity index is 970. The van der Waals surface area contributed by atoms with Crippen molar-refractivity contribution in [3.8, 4) is 5.69 Å². The van der Waals surface area contributed by atoms with E-state index in [0.29, 0.717) is 34.8 Å². The molecule has 0 saturated heterocycles. The summed E-state index contributed by atoms with van der Waals surface area (Å²) < 4.78 is 6.61. The van der Waals surface area contributed by atoms with Gasteiger partial charge in [0.1, 0.15) is 10.7 Å². The average Bonchev–Trinajstić information content (AvgIpc) is 2.53. The van der Waals surface area contributed by atoms with Gasteiger partial charge in [0, 0.05) is 12.0 Å². The van der Waals surface area contributed by atoms with Gasteiger partial charge in [-0.2, -0.15) is 0 Å². The van der Waals surface area contributed by atoms with Gasteiger partial charge in [0.05, 0.1) is 11.3 Å². The van der Waals surface area contributed by atoms with E-state index >= 15 is 0 Å². The van der Waals surface area contributed by atoms with Crippen molar-refractivity contribution in [2.75, 3.05) is 0 Å². The smallest absolute Gasteiger partial charge is 0.414 e. The molecule has 0 bridgehead atoms. The van der Waals surface area contributed by atoms with Crippen molar-refractivity contribution in [1.82, 2.24) is 4.57 Å². The fraction of sp³-hybridized carbons (Fsp3) is 0.389. The zero-order chi connectivity index (χ0) is 17.6. The van der Waals surface area contributed by atoms with Crippen LogP contribution in [0.25, 0.3) is 5.69 Å². The molecule has 2 N–H and O–H groups in total. The molecule has 1 aliphatic carbocycles. The second kappa shape index (κ2) is 6.02. The van der Waals surface area contributed by atoms with Gasteiger partial charge in [-0.05, 0) is 62.8 Å². The summed E-state index contributed by atoms with van der Waals surface area (Å²) in [6.45, 7) is 5.59. The monoisotopic (exact) mass is 344 g/mol. The summed E-state index contributed by atoms with van der Waals surface area (Å²) in [4.78, 5) is 25.7. The minimum atomic E-state index is -0.630. The van der Waals surface area contributed by atoms with Crippen LogP contribution in [0.15, 0.2) is 20.1 Å². The highest BCUT2D eigenvalue weighted by molar-refractivity contribution is 7.80. The molecule has 0 atom stereocenters. The number of hydrogen-bond acceptors (Lipinski definition) is 4. The number of fused-ring (bicyclic) bond motifs is 1. The van der Waals surface area contributed by atoms with Gasteiger partial charge in [0.2, 0.25) is 0 Å². The van der Waals surface area contributed by atoms with Gasteiger partial charge in [-0.15, -0.1) is 0 Å². The van der Waals surface area contributed by atoms with Crippen LogP contribution in [0.2, 0.25) is 0 Å². The Hall–Kier alpha value is -2.21. The molecule has 0 amide bonds. The van der Waals surface area contributed by atoms with E-state index in [1.54, 1.807) is 0 Å². The minimum absolute atomic E-state index is 0.269. The molecule has 24 heavy (non-hydrogen) atoms. The van der Waals surface area contributed by atoms with E-state index in [4.69, 9.17) is 22.4 Å². The summed E-state index contributed by atoms with van der Waals surface area (Å²) in [7, 11) is 0. The zero-order valence-electron chi connectivity index (χ0n) is 14.1. The number of hydrogen-bond donors (Lipinski definition) is 1. The maximum absolute atomic E-state index is 12.9. The summed E-state index contributed by atoms with van der Waals surface area (Å²) >= 11 is 5.09. The first-order valence-electron chi connectivity index (χ1n) is 8.01. The van der Waals surface area contributed by atoms with E-state index in [-0.39, 0.29) is 5.56 Å². The van der Waals surface area contributed by atoms with Gasteiger partial charge in [0.25, 0.3) is 5.56 Å². The van der Waals surface area contributed by atoms with Crippen LogP contribution in [-0.2, 0) is 12.8 Å². The van der Waals surface area contributed by atoms with Crippen LogP contribution < -0.4 is 17.0 Å². The van der Waals surface area contributed by atoms with Crippen LogP contribution in [0.1, 0.15) is 46.4 Å². The molecule has 0 spiro atoms. The van der Waals surface area contributed by atoms with E-state index in [2.05, 4.69) is 0 Å². The van der Waals surface area contributed by atoms with Crippen molar-refractivity contribution in [2.24, 2.45) is 5.73 Å². The molecule has 0 unspecified atom stereocenters. The third kappa shape index (κ3) is 2.51. The first-order valence-corrected chi connectivity index (χ1v) is 8.42. The van der Waals surface area contributed by atoms with Gasteiger partial charge in [0.15, 0.2) is 0 Å². The van der Waals surface area contributed by atoms with Crippen molar-refractivity contribution in [3.05, 3.63) is 60.5 Å². The highest BCUT2D eigenvalue weighted by Gasteiger charge is 2.23. The number of nitrogens with two attached hydrogens (primary N) is 1. The van der Waals surface area contributed by atoms with Crippen molar-refractivity contribution in [1.29, 1.82) is 0 Å². The largest absolute Gasteiger partial charge is 0.426 e. The van der Waals surface area contributed by atoms with Crippen LogP contribution in [0.4, 0.5) is 0 Å². The van der Waals surface area contributed by atoms with Crippen LogP contribution in [0.3, 0.4) is 0 Å². The third-order valence-corrected chi connectivity index (χ3v) is 5.04. The van der Waals surface area contributed by atoms with E-state index in [1.165, 1.54) is 0 Å². The second-order valence-electron chi connectivity index (χ2n) is 6.32. The maximum Gasteiger partial charge on any atom is 0.426 e. The van der Waals surface area contributed by atoms with Crippen LogP contribution in [0, 0.1) is 20.8 Å². The number of thiocarbonyl (C=S) groups is 1. The zero-order valence-corrected chi connectivity index (χ0v) is 14.9. The second-order valence-corrected chi connectivity index (χ2v) is 6.76. The van der Waals surface area contributed by atoms with Crippen LogP contribution in [-0.4, -0.2) is 9.56 Å². The maximum atomic E-state index is 12.9. The fourth-order valence-electron chi connectivity index (χ4n) is 3.45. The van der Waals surface area contributed by atoms with Crippen molar-refractivity contribution >= 4 is 17.2 Å². The molecule has 2 aromatic rings. The molecule has 5 nitrogen and oxygen atoms in total. The molecular formula is C18H20N2O3S. The lowest BCUT2D eigenvalue weighted by Gasteiger charge is -2.19. The summed E-state index contributed by atoms with van der Waals surface area (Å²) in [5.41, 5.74) is 9.90. The molecule has 1 heterocycles. The number of rotatable bonds is 2. The Morgan fingerprint density at radius 3 is 2.50 bits per heavy atom. The molecule has 0 radical (unpaired) electrons. The molecule has 3 rings (SSSR count). The van der Waals surface area contributed by atoms with Crippen molar-refractivity contribution in [3.63, 3.8) is 0 Å². The highest BCUT2D eigenvalue weighted by atomic mass is 32.1. The quantitative estimate of drug-likeness (QED) is 0.845. The first-order chi connectivity index (χ1) is 11.3. The Morgan fingerprint density at radius 1 is 1.17 bits per heavy atom. The summed E-state index contributed by atoms with van der Waals surface area (Å²) in [6.07, 6.45) is 3.19. The molecule has 6 heteroatoms. The highest BCUT2D eigenvalue weighted by Crippen LogP contribution is 2.25. The Morgan fingerprint density at radius 2 is 1.83 bits per heavy atom. The Labute approximate surface area is 145 Å². The Balaban J connectivity index is 2.36. The van der Waals surface area contributed by atoms with Crippen molar-refractivity contribution in [2.45, 2.75) is 46.5 Å². The average molecular weight is 344 g/mol. The molecule has 1 aromatic carbocycles. The first kappa shape index (κ1) is 16.6. The lowest BCUT2D eigenvalue weighted by Crippen LogP contribution is -2.36. The molecule has 126 valence electrons. The SMILES string of the molecule is Cc1cc(C(N)=S)c(C)c(C)c1-n1c(=O)oc2c(c1=O)CCCC2. The molecule has 1 aromatic heterocycles. The van der Waals surface area contributed by atoms with Crippen LogP contribution in [0.5, 0.6) is 0 Å². The third-order valence-electron chi connectivity index (χ3n) is 4.82. The van der Waals surface area contributed by atoms with E-state index in [9.17, 15) is 9.59 Å². The van der Waals surface area contributed by atoms with E-state index in [0.717, 1.165) is 39.7 Å². The van der Waals surface area contributed by atoms with Gasteiger partial charge in [-0.1, -0.05) is 12.2 Å². The van der Waals surface area contributed by atoms with Gasteiger partial charge in [-0.25, -0.2) is 9.36 Å². The lowest BCUT2D eigenvalue weighted by molar-refractivity contribution is 0.388. The summed E-state index contributed by atoms with van der Waals surface area (Å²) in [5.74, 6) is -0.0893. The topological polar surface area (TPSA) is 78.2 Å². The molecule has 1 aliphatic rings. The molecule has 0 aliphatic heterocycles. The fourth-order valence-corrected chi connectivity index (χ4v) is 3.66. The molecule has 0 fully saturated rings. The number of nitrogens with zero attached hydrogens (tertiary/aromatic N) is 1. The predicted molar refractivity (Wildman–Crippen MR) is 97.3 cm³/mol. The Kier molecular flexibility index (Phi) is 4.17.